The lowest BCUT2D eigenvalue weighted by Crippen LogP contribution is -2.39. The molecule has 0 aliphatic carbocycles. The number of ether oxygens (including phenoxy) is 1. The SMILES string of the molecule is CCOC(=O)c1ccc(N2CCn3c2nc2c3c(=O)n(CCCO)c(=O)n2C)cc1. The van der Waals surface area contributed by atoms with Gasteiger partial charge >= 0.3 is 11.7 Å². The van der Waals surface area contributed by atoms with Crippen molar-refractivity contribution in [3.63, 3.8) is 0 Å². The summed E-state index contributed by atoms with van der Waals surface area (Å²) >= 11 is 0. The van der Waals surface area contributed by atoms with Gasteiger partial charge in [0.15, 0.2) is 11.2 Å². The number of aliphatic hydroxyl groups is 1. The van der Waals surface area contributed by atoms with E-state index in [9.17, 15) is 14.4 Å². The summed E-state index contributed by atoms with van der Waals surface area (Å²) < 4.78 is 9.33. The summed E-state index contributed by atoms with van der Waals surface area (Å²) in [5.74, 6) is 0.192. The molecule has 2 aromatic heterocycles. The van der Waals surface area contributed by atoms with Gasteiger partial charge in [0.2, 0.25) is 5.95 Å². The Morgan fingerprint density at radius 3 is 2.60 bits per heavy atom. The minimum Gasteiger partial charge on any atom is -0.462 e. The molecular weight excluding hydrogens is 390 g/mol. The minimum absolute atomic E-state index is 0.103. The van der Waals surface area contributed by atoms with Crippen LogP contribution in [-0.4, -0.2) is 49.5 Å². The Bertz CT molecular complexity index is 1220. The number of anilines is 2. The van der Waals surface area contributed by atoms with Crippen LogP contribution in [0.25, 0.3) is 11.2 Å². The molecule has 0 radical (unpaired) electrons. The van der Waals surface area contributed by atoms with Gasteiger partial charge in [-0.05, 0) is 37.6 Å². The van der Waals surface area contributed by atoms with Crippen molar-refractivity contribution in [1.29, 1.82) is 0 Å². The monoisotopic (exact) mass is 413 g/mol. The third-order valence-electron chi connectivity index (χ3n) is 5.23. The average Bonchev–Trinajstić information content (AvgIpc) is 3.32. The van der Waals surface area contributed by atoms with E-state index in [1.54, 1.807) is 38.2 Å². The van der Waals surface area contributed by atoms with E-state index in [0.29, 0.717) is 48.8 Å². The number of nitrogens with zero attached hydrogens (tertiary/aromatic N) is 5. The molecule has 1 aliphatic heterocycles. The summed E-state index contributed by atoms with van der Waals surface area (Å²) in [5.41, 5.74) is 1.12. The third kappa shape index (κ3) is 3.09. The van der Waals surface area contributed by atoms with E-state index in [-0.39, 0.29) is 19.1 Å². The van der Waals surface area contributed by atoms with Crippen molar-refractivity contribution in [2.24, 2.45) is 7.05 Å². The fraction of sp³-hybridized carbons (Fsp3) is 0.400. The van der Waals surface area contributed by atoms with Crippen LogP contribution in [0.4, 0.5) is 11.6 Å². The van der Waals surface area contributed by atoms with Crippen molar-refractivity contribution in [2.45, 2.75) is 26.4 Å². The maximum atomic E-state index is 13.0. The highest BCUT2D eigenvalue weighted by Gasteiger charge is 2.28. The second kappa shape index (κ2) is 7.79. The number of esters is 1. The Kier molecular flexibility index (Phi) is 5.17. The highest BCUT2D eigenvalue weighted by atomic mass is 16.5. The average molecular weight is 413 g/mol. The molecule has 3 aromatic rings. The molecule has 1 N–H and O–H groups in total. The molecule has 0 saturated heterocycles. The molecule has 0 amide bonds. The van der Waals surface area contributed by atoms with E-state index in [2.05, 4.69) is 4.98 Å². The van der Waals surface area contributed by atoms with Crippen LogP contribution < -0.4 is 16.1 Å². The molecule has 0 unspecified atom stereocenters. The first-order valence-corrected chi connectivity index (χ1v) is 9.83. The van der Waals surface area contributed by atoms with Crippen molar-refractivity contribution >= 4 is 28.8 Å². The second-order valence-corrected chi connectivity index (χ2v) is 7.03. The molecular formula is C20H23N5O5. The van der Waals surface area contributed by atoms with Gasteiger partial charge in [-0.3, -0.25) is 13.9 Å². The number of aromatic nitrogens is 4. The summed E-state index contributed by atoms with van der Waals surface area (Å²) in [6, 6.07) is 6.99. The van der Waals surface area contributed by atoms with Gasteiger partial charge in [0, 0.05) is 39.0 Å². The third-order valence-corrected chi connectivity index (χ3v) is 5.23. The van der Waals surface area contributed by atoms with Gasteiger partial charge in [-0.2, -0.15) is 4.98 Å². The summed E-state index contributed by atoms with van der Waals surface area (Å²) in [6.45, 7) is 3.26. The van der Waals surface area contributed by atoms with Gasteiger partial charge in [0.1, 0.15) is 0 Å². The van der Waals surface area contributed by atoms with E-state index >= 15 is 0 Å². The maximum Gasteiger partial charge on any atom is 0.338 e. The van der Waals surface area contributed by atoms with Crippen LogP contribution in [0, 0.1) is 0 Å². The zero-order chi connectivity index (χ0) is 21.4. The molecule has 0 fully saturated rings. The number of rotatable bonds is 6. The smallest absolute Gasteiger partial charge is 0.338 e. The summed E-state index contributed by atoms with van der Waals surface area (Å²) in [4.78, 5) is 44.0. The molecule has 10 nitrogen and oxygen atoms in total. The number of imidazole rings is 1. The van der Waals surface area contributed by atoms with Gasteiger partial charge < -0.3 is 19.3 Å². The predicted molar refractivity (Wildman–Crippen MR) is 110 cm³/mol. The number of hydrogen-bond acceptors (Lipinski definition) is 7. The van der Waals surface area contributed by atoms with Crippen LogP contribution >= 0.6 is 0 Å². The van der Waals surface area contributed by atoms with E-state index in [1.165, 1.54) is 4.57 Å². The van der Waals surface area contributed by atoms with Gasteiger partial charge in [-0.1, -0.05) is 0 Å². The van der Waals surface area contributed by atoms with Crippen LogP contribution in [0.3, 0.4) is 0 Å². The molecule has 0 bridgehead atoms. The number of benzene rings is 1. The minimum atomic E-state index is -0.455. The summed E-state index contributed by atoms with van der Waals surface area (Å²) in [5, 5.41) is 9.07. The zero-order valence-corrected chi connectivity index (χ0v) is 16.9. The molecule has 4 rings (SSSR count). The van der Waals surface area contributed by atoms with Gasteiger partial charge in [-0.25, -0.2) is 9.59 Å². The molecule has 3 heterocycles. The Balaban J connectivity index is 1.77. The van der Waals surface area contributed by atoms with Crippen LogP contribution in [0.1, 0.15) is 23.7 Å². The molecule has 10 heteroatoms. The Labute approximate surface area is 171 Å². The van der Waals surface area contributed by atoms with Crippen LogP contribution in [0.15, 0.2) is 33.9 Å². The van der Waals surface area contributed by atoms with Crippen LogP contribution in [0.2, 0.25) is 0 Å². The lowest BCUT2D eigenvalue weighted by atomic mass is 10.2. The molecule has 0 saturated carbocycles. The highest BCUT2D eigenvalue weighted by Crippen LogP contribution is 2.31. The number of hydrogen-bond donors (Lipinski definition) is 1. The van der Waals surface area contributed by atoms with E-state index in [1.807, 2.05) is 9.47 Å². The first-order valence-electron chi connectivity index (χ1n) is 9.83. The quantitative estimate of drug-likeness (QED) is 0.589. The summed E-state index contributed by atoms with van der Waals surface area (Å²) in [6.07, 6.45) is 0.320. The standard InChI is InChI=1S/C20H23N5O5/c1-3-30-18(28)13-5-7-14(8-6-13)23-10-11-24-15-16(21-19(23)24)22(2)20(29)25(17(15)27)9-4-12-26/h5-8,26H,3-4,9-12H2,1-2H3. The lowest BCUT2D eigenvalue weighted by molar-refractivity contribution is 0.0526. The number of carbonyl (C=O) groups is 1. The first kappa shape index (κ1) is 19.9. The van der Waals surface area contributed by atoms with Crippen LogP contribution in [-0.2, 0) is 24.9 Å². The predicted octanol–water partition coefficient (Wildman–Crippen LogP) is 0.607. The van der Waals surface area contributed by atoms with Crippen molar-refractivity contribution in [1.82, 2.24) is 18.7 Å². The normalized spacial score (nSPS) is 13.1. The Morgan fingerprint density at radius 1 is 1.20 bits per heavy atom. The van der Waals surface area contributed by atoms with Crippen molar-refractivity contribution in [3.8, 4) is 0 Å². The molecule has 0 atom stereocenters. The molecule has 158 valence electrons. The number of fused-ring (bicyclic) bond motifs is 3. The van der Waals surface area contributed by atoms with E-state index < -0.39 is 11.2 Å². The molecule has 1 aromatic carbocycles. The molecule has 1 aliphatic rings. The van der Waals surface area contributed by atoms with E-state index in [4.69, 9.17) is 9.84 Å². The number of aliphatic hydroxyl groups excluding tert-OH is 1. The zero-order valence-electron chi connectivity index (χ0n) is 16.9. The van der Waals surface area contributed by atoms with Crippen molar-refractivity contribution < 1.29 is 14.6 Å². The van der Waals surface area contributed by atoms with Gasteiger partial charge in [0.25, 0.3) is 5.56 Å². The fourth-order valence-corrected chi connectivity index (χ4v) is 3.74. The Hall–Kier alpha value is -3.40. The highest BCUT2D eigenvalue weighted by molar-refractivity contribution is 5.90. The van der Waals surface area contributed by atoms with Gasteiger partial charge in [-0.15, -0.1) is 0 Å². The summed E-state index contributed by atoms with van der Waals surface area (Å²) in [7, 11) is 1.58. The topological polar surface area (TPSA) is 112 Å². The number of aryl methyl sites for hydroxylation is 1. The van der Waals surface area contributed by atoms with Crippen molar-refractivity contribution in [2.75, 3.05) is 24.7 Å². The molecule has 30 heavy (non-hydrogen) atoms. The van der Waals surface area contributed by atoms with Gasteiger partial charge in [0.05, 0.1) is 12.2 Å². The second-order valence-electron chi connectivity index (χ2n) is 7.03. The Morgan fingerprint density at radius 2 is 1.93 bits per heavy atom. The fourth-order valence-electron chi connectivity index (χ4n) is 3.74. The first-order chi connectivity index (χ1) is 14.5. The maximum absolute atomic E-state index is 13.0. The van der Waals surface area contributed by atoms with Crippen LogP contribution in [0.5, 0.6) is 0 Å². The number of carbonyl (C=O) groups excluding carboxylic acids is 1. The van der Waals surface area contributed by atoms with Crippen molar-refractivity contribution in [3.05, 3.63) is 50.7 Å². The van der Waals surface area contributed by atoms with E-state index in [0.717, 1.165) is 10.3 Å². The largest absolute Gasteiger partial charge is 0.462 e. The lowest BCUT2D eigenvalue weighted by Gasteiger charge is -2.16. The molecule has 0 spiro atoms.